The molecule has 3 nitrogen and oxygen atoms in total. The standard InChI is InChI=1S/C21H17NO2Se/c1-14-17(15-7-4-3-5-8-15)9-6-10-19(14)22-21(23)18-13-16(24-2)11-12-20(18)25-22/h3-13H,1-2H3. The van der Waals surface area contributed by atoms with Crippen LogP contribution in [0.4, 0.5) is 0 Å². The number of hydrogen-bond donors (Lipinski definition) is 0. The van der Waals surface area contributed by atoms with Crippen LogP contribution in [0.5, 0.6) is 5.75 Å². The Morgan fingerprint density at radius 1 is 0.960 bits per heavy atom. The van der Waals surface area contributed by atoms with E-state index in [1.165, 1.54) is 5.56 Å². The quantitative estimate of drug-likeness (QED) is 0.492. The van der Waals surface area contributed by atoms with E-state index >= 15 is 0 Å². The first-order valence-corrected chi connectivity index (χ1v) is 9.67. The van der Waals surface area contributed by atoms with Gasteiger partial charge in [0, 0.05) is 0 Å². The Labute approximate surface area is 152 Å². The van der Waals surface area contributed by atoms with Gasteiger partial charge < -0.3 is 0 Å². The molecule has 0 aliphatic rings. The summed E-state index contributed by atoms with van der Waals surface area (Å²) in [6, 6.07) is 22.2. The van der Waals surface area contributed by atoms with Crippen molar-refractivity contribution in [2.75, 3.05) is 7.11 Å². The SMILES string of the molecule is COc1ccc2[se]n(-c3cccc(-c4ccccc4)c3C)c(=O)c2c1. The molecule has 0 radical (unpaired) electrons. The van der Waals surface area contributed by atoms with Crippen molar-refractivity contribution in [3.8, 4) is 22.6 Å². The minimum atomic E-state index is -0.0568. The first-order valence-electron chi connectivity index (χ1n) is 8.04. The number of fused-ring (bicyclic) bond motifs is 1. The van der Waals surface area contributed by atoms with Gasteiger partial charge in [-0.3, -0.25) is 0 Å². The first-order chi connectivity index (χ1) is 12.2. The summed E-state index contributed by atoms with van der Waals surface area (Å²) in [7, 11) is 1.62. The molecule has 1 heterocycles. The van der Waals surface area contributed by atoms with Crippen LogP contribution in [0.1, 0.15) is 5.56 Å². The molecule has 0 bridgehead atoms. The van der Waals surface area contributed by atoms with Crippen LogP contribution in [0.25, 0.3) is 26.5 Å². The minimum absolute atomic E-state index is 0.0568. The van der Waals surface area contributed by atoms with Gasteiger partial charge >= 0.3 is 152 Å². The summed E-state index contributed by atoms with van der Waals surface area (Å²) < 4.78 is 8.28. The zero-order valence-electron chi connectivity index (χ0n) is 14.0. The van der Waals surface area contributed by atoms with E-state index in [0.29, 0.717) is 0 Å². The van der Waals surface area contributed by atoms with Crippen molar-refractivity contribution in [2.45, 2.75) is 6.92 Å². The van der Waals surface area contributed by atoms with Gasteiger partial charge in [-0.15, -0.1) is 0 Å². The monoisotopic (exact) mass is 395 g/mol. The van der Waals surface area contributed by atoms with E-state index in [2.05, 4.69) is 25.1 Å². The number of methoxy groups -OCH3 is 1. The third-order valence-electron chi connectivity index (χ3n) is 4.40. The van der Waals surface area contributed by atoms with E-state index in [-0.39, 0.29) is 20.3 Å². The van der Waals surface area contributed by atoms with Crippen molar-refractivity contribution < 1.29 is 4.74 Å². The van der Waals surface area contributed by atoms with Crippen LogP contribution in [-0.2, 0) is 0 Å². The molecule has 4 rings (SSSR count). The summed E-state index contributed by atoms with van der Waals surface area (Å²) in [6.07, 6.45) is 0. The summed E-state index contributed by atoms with van der Waals surface area (Å²) in [5.41, 5.74) is 4.50. The number of nitrogens with zero attached hydrogens (tertiary/aromatic N) is 1. The third kappa shape index (κ3) is 2.74. The van der Waals surface area contributed by atoms with Gasteiger partial charge in [-0.05, 0) is 0 Å². The maximum absolute atomic E-state index is 13.0. The molecular formula is C21H17NO2Se. The summed E-state index contributed by atoms with van der Waals surface area (Å²) in [5, 5.41) is 0.754. The molecule has 0 N–H and O–H groups in total. The van der Waals surface area contributed by atoms with E-state index in [1.54, 1.807) is 7.11 Å². The molecule has 4 heteroatoms. The average Bonchev–Trinajstić information content (AvgIpc) is 2.98. The molecule has 0 saturated heterocycles. The second-order valence-electron chi connectivity index (χ2n) is 5.87. The molecule has 0 saturated carbocycles. The summed E-state index contributed by atoms with van der Waals surface area (Å²) >= 11 is -0.0568. The third-order valence-corrected chi connectivity index (χ3v) is 6.70. The van der Waals surface area contributed by atoms with Crippen LogP contribution in [-0.4, -0.2) is 25.4 Å². The summed E-state index contributed by atoms with van der Waals surface area (Å²) in [4.78, 5) is 13.0. The van der Waals surface area contributed by atoms with Gasteiger partial charge in [-0.25, -0.2) is 0 Å². The predicted octanol–water partition coefficient (Wildman–Crippen LogP) is 4.03. The van der Waals surface area contributed by atoms with Gasteiger partial charge in [-0.2, -0.15) is 0 Å². The van der Waals surface area contributed by atoms with Gasteiger partial charge in [0.25, 0.3) is 0 Å². The Balaban J connectivity index is 1.93. The second kappa shape index (κ2) is 6.40. The Morgan fingerprint density at radius 2 is 1.76 bits per heavy atom. The molecule has 3 aromatic carbocycles. The van der Waals surface area contributed by atoms with Crippen molar-refractivity contribution in [1.29, 1.82) is 0 Å². The van der Waals surface area contributed by atoms with Crippen molar-refractivity contribution in [3.05, 3.63) is 82.6 Å². The van der Waals surface area contributed by atoms with Crippen LogP contribution in [0.15, 0.2) is 71.5 Å². The number of benzene rings is 3. The van der Waals surface area contributed by atoms with Gasteiger partial charge in [0.1, 0.15) is 0 Å². The fraction of sp³-hybridized carbons (Fsp3) is 0.0952. The van der Waals surface area contributed by atoms with Crippen LogP contribution < -0.4 is 10.3 Å². The molecule has 0 aliphatic heterocycles. The van der Waals surface area contributed by atoms with Crippen LogP contribution >= 0.6 is 0 Å². The zero-order valence-corrected chi connectivity index (χ0v) is 15.7. The van der Waals surface area contributed by atoms with E-state index in [1.807, 2.05) is 52.1 Å². The van der Waals surface area contributed by atoms with Crippen molar-refractivity contribution in [2.24, 2.45) is 0 Å². The zero-order chi connectivity index (χ0) is 17.4. The van der Waals surface area contributed by atoms with Crippen LogP contribution in [0.3, 0.4) is 0 Å². The van der Waals surface area contributed by atoms with Crippen molar-refractivity contribution >= 4 is 24.4 Å². The average molecular weight is 394 g/mol. The van der Waals surface area contributed by atoms with Gasteiger partial charge in [0.2, 0.25) is 0 Å². The van der Waals surface area contributed by atoms with E-state index in [4.69, 9.17) is 4.74 Å². The van der Waals surface area contributed by atoms with E-state index < -0.39 is 0 Å². The van der Waals surface area contributed by atoms with Crippen molar-refractivity contribution in [3.63, 3.8) is 0 Å². The maximum atomic E-state index is 13.0. The molecule has 0 aliphatic carbocycles. The fourth-order valence-electron chi connectivity index (χ4n) is 3.06. The number of rotatable bonds is 3. The van der Waals surface area contributed by atoms with E-state index in [9.17, 15) is 4.79 Å². The fourth-order valence-corrected chi connectivity index (χ4v) is 5.26. The topological polar surface area (TPSA) is 31.2 Å². The molecule has 4 aromatic rings. The molecule has 25 heavy (non-hydrogen) atoms. The molecule has 0 amide bonds. The summed E-state index contributed by atoms with van der Waals surface area (Å²) in [5.74, 6) is 0.722. The number of hydrogen-bond acceptors (Lipinski definition) is 2. The first kappa shape index (κ1) is 15.9. The normalized spacial score (nSPS) is 11.0. The predicted molar refractivity (Wildman–Crippen MR) is 103 cm³/mol. The van der Waals surface area contributed by atoms with E-state index in [0.717, 1.165) is 32.2 Å². The van der Waals surface area contributed by atoms with Gasteiger partial charge in [0.15, 0.2) is 0 Å². The van der Waals surface area contributed by atoms with Crippen LogP contribution in [0.2, 0.25) is 0 Å². The molecule has 0 spiro atoms. The molecule has 0 fully saturated rings. The molecule has 124 valence electrons. The van der Waals surface area contributed by atoms with Gasteiger partial charge in [0.05, 0.1) is 0 Å². The second-order valence-corrected chi connectivity index (χ2v) is 7.94. The van der Waals surface area contributed by atoms with Crippen LogP contribution in [0, 0.1) is 6.92 Å². The Bertz CT molecular complexity index is 1110. The number of aromatic nitrogens is 1. The van der Waals surface area contributed by atoms with Crippen molar-refractivity contribution in [1.82, 2.24) is 3.56 Å². The Morgan fingerprint density at radius 3 is 2.52 bits per heavy atom. The summed E-state index contributed by atoms with van der Waals surface area (Å²) in [6.45, 7) is 2.09. The molecule has 1 aromatic heterocycles. The molecule has 0 atom stereocenters. The Hall–Kier alpha value is -2.55. The Kier molecular flexibility index (Phi) is 4.08. The number of ether oxygens (including phenoxy) is 1. The molecule has 0 unspecified atom stereocenters. The molecular weight excluding hydrogens is 377 g/mol. The van der Waals surface area contributed by atoms with Gasteiger partial charge in [-0.1, -0.05) is 0 Å².